The fraction of sp³-hybridized carbons (Fsp3) is 0. The van der Waals surface area contributed by atoms with Crippen LogP contribution in [0.3, 0.4) is 0 Å². The summed E-state index contributed by atoms with van der Waals surface area (Å²) in [6, 6.07) is 38.4. The number of para-hydroxylation sites is 2. The van der Waals surface area contributed by atoms with Crippen LogP contribution in [0.5, 0.6) is 0 Å². The second-order valence-corrected chi connectivity index (χ2v) is 9.13. The average molecular weight is 449 g/mol. The maximum atomic E-state index is 6.15. The smallest absolute Gasteiger partial charge is 0.137 e. The Morgan fingerprint density at radius 1 is 0.543 bits per heavy atom. The second kappa shape index (κ2) is 6.87. The Balaban J connectivity index is 1.51. The topological polar surface area (TPSA) is 44.7 Å². The quantitative estimate of drug-likeness (QED) is 0.272. The summed E-state index contributed by atoms with van der Waals surface area (Å²) >= 11 is 0. The predicted octanol–water partition coefficient (Wildman–Crippen LogP) is 9.04. The molecular weight excluding hydrogens is 428 g/mol. The highest BCUT2D eigenvalue weighted by Crippen LogP contribution is 2.42. The number of aromatic nitrogens is 2. The first kappa shape index (κ1) is 18.6. The molecule has 0 amide bonds. The molecule has 0 aliphatic heterocycles. The lowest BCUT2D eigenvalue weighted by atomic mass is 9.95. The lowest BCUT2D eigenvalue weighted by Crippen LogP contribution is -1.87. The first-order valence-electron chi connectivity index (χ1n) is 11.9. The van der Waals surface area contributed by atoms with Crippen LogP contribution in [-0.4, -0.2) is 9.97 Å². The first-order chi connectivity index (χ1) is 17.3. The van der Waals surface area contributed by atoms with Gasteiger partial charge in [0, 0.05) is 38.3 Å². The Labute approximate surface area is 200 Å². The van der Waals surface area contributed by atoms with Gasteiger partial charge in [0.1, 0.15) is 11.2 Å². The van der Waals surface area contributed by atoms with Crippen molar-refractivity contribution >= 4 is 54.6 Å². The molecule has 0 saturated heterocycles. The molecule has 0 aliphatic carbocycles. The van der Waals surface area contributed by atoms with Gasteiger partial charge in [0.05, 0.1) is 16.4 Å². The Bertz CT molecular complexity index is 2050. The van der Waals surface area contributed by atoms with Crippen molar-refractivity contribution in [2.24, 2.45) is 0 Å². The molecular formula is C32H20N2O. The molecule has 164 valence electrons. The molecule has 35 heavy (non-hydrogen) atoms. The lowest BCUT2D eigenvalue weighted by molar-refractivity contribution is 0.669. The number of hydrogen-bond donors (Lipinski definition) is 2. The van der Waals surface area contributed by atoms with Gasteiger partial charge in [-0.3, -0.25) is 0 Å². The van der Waals surface area contributed by atoms with Crippen LogP contribution in [0.25, 0.3) is 77.0 Å². The number of rotatable bonds is 2. The van der Waals surface area contributed by atoms with Crippen molar-refractivity contribution in [2.45, 2.75) is 0 Å². The van der Waals surface area contributed by atoms with Crippen molar-refractivity contribution < 1.29 is 4.42 Å². The van der Waals surface area contributed by atoms with Crippen molar-refractivity contribution in [3.63, 3.8) is 0 Å². The van der Waals surface area contributed by atoms with Crippen molar-refractivity contribution in [3.05, 3.63) is 109 Å². The molecule has 0 bridgehead atoms. The van der Waals surface area contributed by atoms with Crippen LogP contribution >= 0.6 is 0 Å². The van der Waals surface area contributed by atoms with Crippen LogP contribution in [-0.2, 0) is 0 Å². The van der Waals surface area contributed by atoms with E-state index in [1.165, 1.54) is 32.8 Å². The predicted molar refractivity (Wildman–Crippen MR) is 146 cm³/mol. The number of H-pyrrole nitrogens is 2. The molecule has 5 aromatic carbocycles. The molecule has 0 unspecified atom stereocenters. The molecule has 0 aliphatic rings. The molecule has 0 saturated carbocycles. The van der Waals surface area contributed by atoms with Gasteiger partial charge in [0.15, 0.2) is 0 Å². The summed E-state index contributed by atoms with van der Waals surface area (Å²) < 4.78 is 6.15. The highest BCUT2D eigenvalue weighted by atomic mass is 16.3. The van der Waals surface area contributed by atoms with Gasteiger partial charge in [-0.1, -0.05) is 78.9 Å². The maximum absolute atomic E-state index is 6.15. The molecule has 3 nitrogen and oxygen atoms in total. The van der Waals surface area contributed by atoms with Gasteiger partial charge in [0.2, 0.25) is 0 Å². The van der Waals surface area contributed by atoms with Gasteiger partial charge < -0.3 is 14.4 Å². The summed E-state index contributed by atoms with van der Waals surface area (Å²) in [6.45, 7) is 0. The SMILES string of the molecule is c1ccc(-c2ccc3c([nH]c4ccccc43)c2-c2cc3ccc4oc5ccccc5c4c3[nH]2)cc1. The third-order valence-electron chi connectivity index (χ3n) is 7.17. The number of hydrogen-bond acceptors (Lipinski definition) is 1. The molecule has 3 aromatic heterocycles. The number of furan rings is 1. The van der Waals surface area contributed by atoms with Gasteiger partial charge in [-0.05, 0) is 41.5 Å². The summed E-state index contributed by atoms with van der Waals surface area (Å²) in [5.74, 6) is 0. The molecule has 3 heteroatoms. The van der Waals surface area contributed by atoms with E-state index in [-0.39, 0.29) is 0 Å². The molecule has 0 atom stereocenters. The number of nitrogens with one attached hydrogen (secondary N) is 2. The van der Waals surface area contributed by atoms with Crippen LogP contribution in [0.2, 0.25) is 0 Å². The van der Waals surface area contributed by atoms with E-state index in [1.807, 2.05) is 12.1 Å². The first-order valence-corrected chi connectivity index (χ1v) is 11.9. The number of fused-ring (bicyclic) bond motifs is 8. The fourth-order valence-corrected chi connectivity index (χ4v) is 5.61. The van der Waals surface area contributed by atoms with E-state index < -0.39 is 0 Å². The zero-order chi connectivity index (χ0) is 22.9. The van der Waals surface area contributed by atoms with Gasteiger partial charge in [-0.15, -0.1) is 0 Å². The normalized spacial score (nSPS) is 12.0. The minimum atomic E-state index is 0.902. The molecule has 8 rings (SSSR count). The minimum Gasteiger partial charge on any atom is -0.456 e. The van der Waals surface area contributed by atoms with Gasteiger partial charge in [-0.2, -0.15) is 0 Å². The van der Waals surface area contributed by atoms with Crippen LogP contribution in [0.4, 0.5) is 0 Å². The van der Waals surface area contributed by atoms with Gasteiger partial charge >= 0.3 is 0 Å². The summed E-state index contributed by atoms with van der Waals surface area (Å²) in [6.07, 6.45) is 0. The summed E-state index contributed by atoms with van der Waals surface area (Å²) in [5, 5.41) is 5.91. The van der Waals surface area contributed by atoms with Crippen molar-refractivity contribution in [3.8, 4) is 22.4 Å². The van der Waals surface area contributed by atoms with E-state index in [1.54, 1.807) is 0 Å². The molecule has 0 radical (unpaired) electrons. The Morgan fingerprint density at radius 2 is 1.34 bits per heavy atom. The zero-order valence-corrected chi connectivity index (χ0v) is 18.8. The van der Waals surface area contributed by atoms with E-state index >= 15 is 0 Å². The van der Waals surface area contributed by atoms with E-state index in [0.717, 1.165) is 44.2 Å². The fourth-order valence-electron chi connectivity index (χ4n) is 5.61. The summed E-state index contributed by atoms with van der Waals surface area (Å²) in [7, 11) is 0. The molecule has 3 heterocycles. The van der Waals surface area contributed by atoms with E-state index in [0.29, 0.717) is 0 Å². The summed E-state index contributed by atoms with van der Waals surface area (Å²) in [4.78, 5) is 7.52. The highest BCUT2D eigenvalue weighted by molar-refractivity contribution is 6.20. The van der Waals surface area contributed by atoms with Crippen LogP contribution in [0, 0.1) is 0 Å². The molecule has 2 N–H and O–H groups in total. The third kappa shape index (κ3) is 2.61. The Kier molecular flexibility index (Phi) is 3.66. The van der Waals surface area contributed by atoms with Crippen LogP contribution in [0.1, 0.15) is 0 Å². The van der Waals surface area contributed by atoms with Crippen LogP contribution in [0.15, 0.2) is 114 Å². The Morgan fingerprint density at radius 3 is 2.26 bits per heavy atom. The number of aromatic amines is 2. The molecule has 0 spiro atoms. The Hall–Kier alpha value is -4.76. The third-order valence-corrected chi connectivity index (χ3v) is 7.17. The van der Waals surface area contributed by atoms with Crippen LogP contribution < -0.4 is 0 Å². The minimum absolute atomic E-state index is 0.902. The molecule has 8 aromatic rings. The van der Waals surface area contributed by atoms with Crippen molar-refractivity contribution in [2.75, 3.05) is 0 Å². The standard InChI is InChI=1S/C32H20N2O/c1-2-8-19(9-3-1)21-15-16-23-22-10-4-6-12-25(22)33-32(23)29(21)26-18-20-14-17-28-30(31(20)34-26)24-11-5-7-13-27(24)35-28/h1-18,33-34H. The zero-order valence-electron chi connectivity index (χ0n) is 18.8. The monoisotopic (exact) mass is 448 g/mol. The maximum Gasteiger partial charge on any atom is 0.137 e. The largest absolute Gasteiger partial charge is 0.456 e. The summed E-state index contributed by atoms with van der Waals surface area (Å²) in [5.41, 5.74) is 9.88. The molecule has 0 fully saturated rings. The lowest BCUT2D eigenvalue weighted by Gasteiger charge is -2.11. The van der Waals surface area contributed by atoms with E-state index in [2.05, 4.69) is 107 Å². The number of benzene rings is 5. The highest BCUT2D eigenvalue weighted by Gasteiger charge is 2.19. The van der Waals surface area contributed by atoms with Gasteiger partial charge in [-0.25, -0.2) is 0 Å². The van der Waals surface area contributed by atoms with Crippen molar-refractivity contribution in [1.29, 1.82) is 0 Å². The van der Waals surface area contributed by atoms with E-state index in [9.17, 15) is 0 Å². The van der Waals surface area contributed by atoms with E-state index in [4.69, 9.17) is 4.42 Å². The average Bonchev–Trinajstić information content (AvgIpc) is 3.61. The second-order valence-electron chi connectivity index (χ2n) is 9.13. The van der Waals surface area contributed by atoms with Gasteiger partial charge in [0.25, 0.3) is 0 Å². The van der Waals surface area contributed by atoms with Crippen molar-refractivity contribution in [1.82, 2.24) is 9.97 Å².